The third-order valence-electron chi connectivity index (χ3n) is 6.90. The van der Waals surface area contributed by atoms with E-state index in [0.717, 1.165) is 18.8 Å². The molecule has 0 bridgehead atoms. The van der Waals surface area contributed by atoms with Gasteiger partial charge in [-0.15, -0.1) is 11.3 Å². The highest BCUT2D eigenvalue weighted by Crippen LogP contribution is 2.32. The van der Waals surface area contributed by atoms with Gasteiger partial charge >= 0.3 is 0 Å². The van der Waals surface area contributed by atoms with Gasteiger partial charge in [0.25, 0.3) is 11.8 Å². The summed E-state index contributed by atoms with van der Waals surface area (Å²) in [6, 6.07) is 15.6. The number of nitrogens with one attached hydrogen (secondary N) is 2. The predicted molar refractivity (Wildman–Crippen MR) is 146 cm³/mol. The van der Waals surface area contributed by atoms with Crippen molar-refractivity contribution in [1.82, 2.24) is 15.5 Å². The van der Waals surface area contributed by atoms with Gasteiger partial charge in [0.05, 0.1) is 15.8 Å². The maximum atomic E-state index is 13.7. The van der Waals surface area contributed by atoms with Gasteiger partial charge in [0, 0.05) is 31.4 Å². The third-order valence-corrected chi connectivity index (χ3v) is 7.93. The topological polar surface area (TPSA) is 81.3 Å². The van der Waals surface area contributed by atoms with Gasteiger partial charge in [-0.3, -0.25) is 19.6 Å². The molecule has 0 aliphatic carbocycles. The lowest BCUT2D eigenvalue weighted by molar-refractivity contribution is 0.0915. The zero-order chi connectivity index (χ0) is 26.2. The molecule has 3 heterocycles. The molecule has 7 nitrogen and oxygen atoms in total. The zero-order valence-electron chi connectivity index (χ0n) is 21.2. The lowest BCUT2D eigenvalue weighted by atomic mass is 9.94. The molecule has 2 aromatic carbocycles. The van der Waals surface area contributed by atoms with Crippen LogP contribution in [0.15, 0.2) is 54.6 Å². The molecule has 2 amide bonds. The van der Waals surface area contributed by atoms with Crippen LogP contribution in [0.1, 0.15) is 58.7 Å². The normalized spacial score (nSPS) is 14.1. The molecular formula is C28H30FN5O2S. The number of thiophene rings is 1. The second-order valence-corrected chi connectivity index (χ2v) is 11.0. The zero-order valence-corrected chi connectivity index (χ0v) is 22.0. The number of piperidine rings is 1. The van der Waals surface area contributed by atoms with Crippen molar-refractivity contribution in [3.63, 3.8) is 0 Å². The average molecular weight is 520 g/mol. The SMILES string of the molecule is CN(C(=O)c1ccc(N2CCCCC2)cc1)c1[nH]nc2sc(C(=O)NC(C)(C)c3cccc(F)c3)cc12. The molecule has 0 spiro atoms. The van der Waals surface area contributed by atoms with Gasteiger partial charge in [-0.25, -0.2) is 4.39 Å². The van der Waals surface area contributed by atoms with Gasteiger partial charge in [-0.2, -0.15) is 5.10 Å². The average Bonchev–Trinajstić information content (AvgIpc) is 3.50. The van der Waals surface area contributed by atoms with Crippen molar-refractivity contribution in [2.45, 2.75) is 38.6 Å². The molecule has 2 aromatic heterocycles. The van der Waals surface area contributed by atoms with E-state index in [9.17, 15) is 14.0 Å². The van der Waals surface area contributed by atoms with Crippen molar-refractivity contribution in [2.24, 2.45) is 0 Å². The van der Waals surface area contributed by atoms with E-state index in [1.165, 1.54) is 47.6 Å². The fourth-order valence-electron chi connectivity index (χ4n) is 4.72. The summed E-state index contributed by atoms with van der Waals surface area (Å²) in [5.41, 5.74) is 1.61. The molecule has 0 radical (unpaired) electrons. The molecule has 1 saturated heterocycles. The molecule has 37 heavy (non-hydrogen) atoms. The first-order valence-electron chi connectivity index (χ1n) is 12.4. The molecule has 9 heteroatoms. The number of aromatic nitrogens is 2. The minimum absolute atomic E-state index is 0.166. The number of nitrogens with zero attached hydrogens (tertiary/aromatic N) is 3. The summed E-state index contributed by atoms with van der Waals surface area (Å²) in [5, 5.41) is 10.9. The minimum Gasteiger partial charge on any atom is -0.372 e. The molecule has 4 aromatic rings. The first kappa shape index (κ1) is 25.0. The molecule has 1 aliphatic rings. The molecule has 0 atom stereocenters. The number of amides is 2. The van der Waals surface area contributed by atoms with Crippen molar-refractivity contribution < 1.29 is 14.0 Å². The molecule has 1 fully saturated rings. The van der Waals surface area contributed by atoms with Crippen molar-refractivity contribution in [2.75, 3.05) is 29.9 Å². The number of rotatable bonds is 6. The van der Waals surface area contributed by atoms with Gasteiger partial charge in [0.15, 0.2) is 0 Å². The summed E-state index contributed by atoms with van der Waals surface area (Å²) in [5.74, 6) is -0.279. The summed E-state index contributed by atoms with van der Waals surface area (Å²) in [4.78, 5) is 31.3. The van der Waals surface area contributed by atoms with Crippen LogP contribution in [0, 0.1) is 5.82 Å². The van der Waals surface area contributed by atoms with E-state index >= 15 is 0 Å². The Bertz CT molecular complexity index is 1440. The standard InChI is InChI=1S/C28H30FN5O2S/c1-28(2,19-8-7-9-20(29)16-19)30-25(35)23-17-22-24(31-32-26(22)37-23)33(3)27(36)18-10-12-21(13-11-18)34-14-5-4-6-15-34/h7-13,16-17H,4-6,14-15H2,1-3H3,(H,30,35)(H,31,32). The fourth-order valence-corrected chi connectivity index (χ4v) is 5.61. The Hall–Kier alpha value is -3.72. The van der Waals surface area contributed by atoms with Crippen molar-refractivity contribution in [1.29, 1.82) is 0 Å². The number of hydrogen-bond donors (Lipinski definition) is 2. The van der Waals surface area contributed by atoms with Crippen LogP contribution in [0.4, 0.5) is 15.9 Å². The Kier molecular flexibility index (Phi) is 6.72. The van der Waals surface area contributed by atoms with Crippen LogP contribution < -0.4 is 15.1 Å². The quantitative estimate of drug-likeness (QED) is 0.343. The Morgan fingerprint density at radius 2 is 1.81 bits per heavy atom. The lowest BCUT2D eigenvalue weighted by Gasteiger charge is -2.29. The number of benzene rings is 2. The van der Waals surface area contributed by atoms with E-state index < -0.39 is 5.54 Å². The molecule has 0 unspecified atom stereocenters. The minimum atomic E-state index is -0.775. The van der Waals surface area contributed by atoms with E-state index in [0.29, 0.717) is 32.0 Å². The number of carbonyl (C=O) groups excluding carboxylic acids is 2. The molecule has 1 aliphatic heterocycles. The summed E-state index contributed by atoms with van der Waals surface area (Å²) >= 11 is 1.24. The second kappa shape index (κ2) is 9.97. The van der Waals surface area contributed by atoms with Crippen LogP contribution in [0.5, 0.6) is 0 Å². The highest BCUT2D eigenvalue weighted by atomic mass is 32.1. The van der Waals surface area contributed by atoms with Crippen LogP contribution in [0.2, 0.25) is 0 Å². The van der Waals surface area contributed by atoms with Crippen molar-refractivity contribution >= 4 is 44.9 Å². The molecule has 2 N–H and O–H groups in total. The Morgan fingerprint density at radius 1 is 1.08 bits per heavy atom. The summed E-state index contributed by atoms with van der Waals surface area (Å²) < 4.78 is 13.7. The number of H-pyrrole nitrogens is 1. The highest BCUT2D eigenvalue weighted by Gasteiger charge is 2.26. The molecule has 5 rings (SSSR count). The number of anilines is 2. The largest absolute Gasteiger partial charge is 0.372 e. The Morgan fingerprint density at radius 3 is 2.51 bits per heavy atom. The number of aromatic amines is 1. The summed E-state index contributed by atoms with van der Waals surface area (Å²) in [6.07, 6.45) is 3.66. The first-order chi connectivity index (χ1) is 17.7. The van der Waals surface area contributed by atoms with Gasteiger partial charge in [0.2, 0.25) is 0 Å². The van der Waals surface area contributed by atoms with Crippen LogP contribution in [-0.4, -0.2) is 42.1 Å². The Labute approximate surface area is 219 Å². The highest BCUT2D eigenvalue weighted by molar-refractivity contribution is 7.20. The number of halogens is 1. The van der Waals surface area contributed by atoms with E-state index in [1.54, 1.807) is 25.2 Å². The van der Waals surface area contributed by atoms with Gasteiger partial charge < -0.3 is 10.2 Å². The smallest absolute Gasteiger partial charge is 0.262 e. The van der Waals surface area contributed by atoms with Crippen LogP contribution in [0.3, 0.4) is 0 Å². The van der Waals surface area contributed by atoms with E-state index in [1.807, 2.05) is 38.1 Å². The van der Waals surface area contributed by atoms with Gasteiger partial charge in [0.1, 0.15) is 16.5 Å². The van der Waals surface area contributed by atoms with Crippen LogP contribution in [0.25, 0.3) is 10.2 Å². The van der Waals surface area contributed by atoms with Crippen LogP contribution in [-0.2, 0) is 5.54 Å². The number of fused-ring (bicyclic) bond motifs is 1. The maximum Gasteiger partial charge on any atom is 0.262 e. The predicted octanol–water partition coefficient (Wildman–Crippen LogP) is 5.70. The molecular weight excluding hydrogens is 489 g/mol. The third kappa shape index (κ3) is 5.09. The summed E-state index contributed by atoms with van der Waals surface area (Å²) in [7, 11) is 1.69. The van der Waals surface area contributed by atoms with Gasteiger partial charge in [-0.1, -0.05) is 12.1 Å². The molecule has 192 valence electrons. The lowest BCUT2D eigenvalue weighted by Crippen LogP contribution is -2.40. The fraction of sp³-hybridized carbons (Fsp3) is 0.321. The second-order valence-electron chi connectivity index (χ2n) is 9.95. The molecule has 0 saturated carbocycles. The Balaban J connectivity index is 1.32. The van der Waals surface area contributed by atoms with E-state index in [-0.39, 0.29) is 17.6 Å². The summed E-state index contributed by atoms with van der Waals surface area (Å²) in [6.45, 7) is 5.75. The van der Waals surface area contributed by atoms with Crippen molar-refractivity contribution in [3.8, 4) is 0 Å². The number of carbonyl (C=O) groups is 2. The van der Waals surface area contributed by atoms with Gasteiger partial charge in [-0.05, 0) is 81.1 Å². The number of hydrogen-bond acceptors (Lipinski definition) is 5. The van der Waals surface area contributed by atoms with Crippen LogP contribution >= 0.6 is 11.3 Å². The maximum absolute atomic E-state index is 13.7. The van der Waals surface area contributed by atoms with Crippen molar-refractivity contribution in [3.05, 3.63) is 76.4 Å². The van der Waals surface area contributed by atoms with E-state index in [2.05, 4.69) is 20.4 Å². The monoisotopic (exact) mass is 519 g/mol. The van der Waals surface area contributed by atoms with E-state index in [4.69, 9.17) is 0 Å². The first-order valence-corrected chi connectivity index (χ1v) is 13.2.